The SMILES string of the molecule is Cc1ccc(S(=O)(=O)N(C)CC(C)C(N)=S)c(C)c1. The van der Waals surface area contributed by atoms with Crippen molar-refractivity contribution in [1.29, 1.82) is 0 Å². The fraction of sp³-hybridized carbons (Fsp3) is 0.462. The molecule has 0 aliphatic carbocycles. The molecule has 6 heteroatoms. The highest BCUT2D eigenvalue weighted by atomic mass is 32.2. The highest BCUT2D eigenvalue weighted by Gasteiger charge is 2.24. The maximum atomic E-state index is 12.5. The average molecular weight is 300 g/mol. The van der Waals surface area contributed by atoms with E-state index in [2.05, 4.69) is 0 Å². The van der Waals surface area contributed by atoms with Gasteiger partial charge in [0.25, 0.3) is 0 Å². The maximum Gasteiger partial charge on any atom is 0.243 e. The molecule has 0 saturated heterocycles. The first-order chi connectivity index (χ1) is 8.66. The lowest BCUT2D eigenvalue weighted by Gasteiger charge is -2.21. The summed E-state index contributed by atoms with van der Waals surface area (Å²) in [6, 6.07) is 5.30. The zero-order valence-corrected chi connectivity index (χ0v) is 13.3. The summed E-state index contributed by atoms with van der Waals surface area (Å²) in [5, 5.41) is 0. The van der Waals surface area contributed by atoms with Gasteiger partial charge in [-0.15, -0.1) is 0 Å². The number of hydrogen-bond acceptors (Lipinski definition) is 3. The van der Waals surface area contributed by atoms with Gasteiger partial charge in [0.2, 0.25) is 10.0 Å². The van der Waals surface area contributed by atoms with E-state index in [-0.39, 0.29) is 12.5 Å². The van der Waals surface area contributed by atoms with Crippen LogP contribution in [0.3, 0.4) is 0 Å². The monoisotopic (exact) mass is 300 g/mol. The zero-order valence-electron chi connectivity index (χ0n) is 11.7. The summed E-state index contributed by atoms with van der Waals surface area (Å²) in [5.74, 6) is -0.152. The first kappa shape index (κ1) is 16.1. The van der Waals surface area contributed by atoms with E-state index in [0.29, 0.717) is 9.88 Å². The first-order valence-electron chi connectivity index (χ1n) is 5.99. The summed E-state index contributed by atoms with van der Waals surface area (Å²) in [6.45, 7) is 5.83. The molecule has 1 rings (SSSR count). The van der Waals surface area contributed by atoms with Crippen molar-refractivity contribution in [1.82, 2.24) is 4.31 Å². The molecular formula is C13H20N2O2S2. The predicted octanol–water partition coefficient (Wildman–Crippen LogP) is 1.85. The van der Waals surface area contributed by atoms with Gasteiger partial charge in [-0.2, -0.15) is 0 Å². The van der Waals surface area contributed by atoms with Crippen LogP contribution in [-0.4, -0.2) is 31.3 Å². The third kappa shape index (κ3) is 3.75. The lowest BCUT2D eigenvalue weighted by atomic mass is 10.2. The molecule has 106 valence electrons. The van der Waals surface area contributed by atoms with E-state index in [1.165, 1.54) is 4.31 Å². The molecule has 0 amide bonds. The van der Waals surface area contributed by atoms with Crippen LogP contribution < -0.4 is 5.73 Å². The zero-order chi connectivity index (χ0) is 14.8. The van der Waals surface area contributed by atoms with E-state index in [1.807, 2.05) is 19.9 Å². The lowest BCUT2D eigenvalue weighted by Crippen LogP contribution is -2.35. The number of aryl methyl sites for hydroxylation is 2. The maximum absolute atomic E-state index is 12.5. The van der Waals surface area contributed by atoms with Gasteiger partial charge in [-0.1, -0.05) is 36.8 Å². The molecule has 0 aromatic heterocycles. The van der Waals surface area contributed by atoms with Gasteiger partial charge in [-0.25, -0.2) is 12.7 Å². The summed E-state index contributed by atoms with van der Waals surface area (Å²) < 4.78 is 26.2. The summed E-state index contributed by atoms with van der Waals surface area (Å²) in [6.07, 6.45) is 0. The van der Waals surface area contributed by atoms with Gasteiger partial charge in [0.15, 0.2) is 0 Å². The molecule has 1 aromatic rings. The van der Waals surface area contributed by atoms with Crippen LogP contribution in [0, 0.1) is 19.8 Å². The Morgan fingerprint density at radius 3 is 2.47 bits per heavy atom. The van der Waals surface area contributed by atoms with Crippen LogP contribution in [-0.2, 0) is 10.0 Å². The van der Waals surface area contributed by atoms with Crippen LogP contribution in [0.15, 0.2) is 23.1 Å². The molecule has 0 aliphatic rings. The Balaban J connectivity index is 3.06. The second-order valence-electron chi connectivity index (χ2n) is 4.86. The Hall–Kier alpha value is -0.980. The van der Waals surface area contributed by atoms with E-state index < -0.39 is 10.0 Å². The lowest BCUT2D eigenvalue weighted by molar-refractivity contribution is 0.445. The van der Waals surface area contributed by atoms with Gasteiger partial charge in [0.05, 0.1) is 9.88 Å². The van der Waals surface area contributed by atoms with Crippen molar-refractivity contribution in [2.45, 2.75) is 25.7 Å². The smallest absolute Gasteiger partial charge is 0.243 e. The Bertz CT molecular complexity index is 582. The third-order valence-electron chi connectivity index (χ3n) is 3.04. The fourth-order valence-corrected chi connectivity index (χ4v) is 3.37. The second kappa shape index (κ2) is 5.98. The van der Waals surface area contributed by atoms with Crippen LogP contribution in [0.1, 0.15) is 18.1 Å². The van der Waals surface area contributed by atoms with Crippen molar-refractivity contribution in [2.24, 2.45) is 11.7 Å². The van der Waals surface area contributed by atoms with E-state index in [1.54, 1.807) is 26.1 Å². The predicted molar refractivity (Wildman–Crippen MR) is 81.7 cm³/mol. The molecule has 2 N–H and O–H groups in total. The minimum absolute atomic E-state index is 0.152. The molecule has 0 spiro atoms. The van der Waals surface area contributed by atoms with Gasteiger partial charge in [-0.3, -0.25) is 0 Å². The molecular weight excluding hydrogens is 280 g/mol. The molecule has 1 aromatic carbocycles. The van der Waals surface area contributed by atoms with Crippen LogP contribution >= 0.6 is 12.2 Å². The molecule has 19 heavy (non-hydrogen) atoms. The summed E-state index contributed by atoms with van der Waals surface area (Å²) in [5.41, 5.74) is 7.31. The van der Waals surface area contributed by atoms with Crippen molar-refractivity contribution < 1.29 is 8.42 Å². The van der Waals surface area contributed by atoms with Crippen LogP contribution in [0.5, 0.6) is 0 Å². The Morgan fingerprint density at radius 1 is 1.42 bits per heavy atom. The highest BCUT2D eigenvalue weighted by molar-refractivity contribution is 7.89. The first-order valence-corrected chi connectivity index (χ1v) is 7.84. The summed E-state index contributed by atoms with van der Waals surface area (Å²) >= 11 is 4.88. The van der Waals surface area contributed by atoms with Crippen molar-refractivity contribution in [3.8, 4) is 0 Å². The number of rotatable bonds is 5. The molecule has 0 bridgehead atoms. The van der Waals surface area contributed by atoms with Gasteiger partial charge in [0, 0.05) is 19.5 Å². The Labute approximate surface area is 120 Å². The number of sulfonamides is 1. The second-order valence-corrected chi connectivity index (χ2v) is 7.34. The Kier molecular flexibility index (Phi) is 5.06. The number of nitrogens with two attached hydrogens (primary N) is 1. The molecule has 4 nitrogen and oxygen atoms in total. The minimum atomic E-state index is -3.50. The van der Waals surface area contributed by atoms with Crippen LogP contribution in [0.25, 0.3) is 0 Å². The molecule has 0 radical (unpaired) electrons. The number of thiocarbonyl (C=S) groups is 1. The van der Waals surface area contributed by atoms with Crippen molar-refractivity contribution >= 4 is 27.2 Å². The van der Waals surface area contributed by atoms with Crippen LogP contribution in [0.4, 0.5) is 0 Å². The normalized spacial score (nSPS) is 13.5. The molecule has 0 aliphatic heterocycles. The Morgan fingerprint density at radius 2 is 2.00 bits per heavy atom. The largest absolute Gasteiger partial charge is 0.393 e. The molecule has 0 fully saturated rings. The molecule has 1 atom stereocenters. The molecule has 1 unspecified atom stereocenters. The summed E-state index contributed by atoms with van der Waals surface area (Å²) in [4.78, 5) is 0.651. The van der Waals surface area contributed by atoms with Crippen LogP contribution in [0.2, 0.25) is 0 Å². The molecule has 0 heterocycles. The van der Waals surface area contributed by atoms with E-state index in [4.69, 9.17) is 18.0 Å². The number of benzene rings is 1. The quantitative estimate of drug-likeness (QED) is 0.843. The summed E-state index contributed by atoms with van der Waals surface area (Å²) in [7, 11) is -1.95. The topological polar surface area (TPSA) is 63.4 Å². The van der Waals surface area contributed by atoms with Gasteiger partial charge in [-0.05, 0) is 25.5 Å². The van der Waals surface area contributed by atoms with Crippen molar-refractivity contribution in [3.63, 3.8) is 0 Å². The van der Waals surface area contributed by atoms with E-state index >= 15 is 0 Å². The molecule has 0 saturated carbocycles. The van der Waals surface area contributed by atoms with Gasteiger partial charge >= 0.3 is 0 Å². The number of hydrogen-bond donors (Lipinski definition) is 1. The average Bonchev–Trinajstić information content (AvgIpc) is 2.27. The minimum Gasteiger partial charge on any atom is -0.393 e. The van der Waals surface area contributed by atoms with E-state index in [9.17, 15) is 8.42 Å². The van der Waals surface area contributed by atoms with Crippen molar-refractivity contribution in [3.05, 3.63) is 29.3 Å². The van der Waals surface area contributed by atoms with Gasteiger partial charge < -0.3 is 5.73 Å². The third-order valence-corrected chi connectivity index (χ3v) is 5.42. The van der Waals surface area contributed by atoms with E-state index in [0.717, 1.165) is 11.1 Å². The standard InChI is InChI=1S/C13H20N2O2S2/c1-9-5-6-12(10(2)7-9)19(16,17)15(4)8-11(3)13(14)18/h5-7,11H,8H2,1-4H3,(H2,14,18). The fourth-order valence-electron chi connectivity index (χ4n) is 1.83. The van der Waals surface area contributed by atoms with Crippen molar-refractivity contribution in [2.75, 3.05) is 13.6 Å². The number of nitrogens with zero attached hydrogens (tertiary/aromatic N) is 1. The highest BCUT2D eigenvalue weighted by Crippen LogP contribution is 2.20. The van der Waals surface area contributed by atoms with Gasteiger partial charge in [0.1, 0.15) is 0 Å².